The summed E-state index contributed by atoms with van der Waals surface area (Å²) in [5.41, 5.74) is 0.556. The number of aliphatic hydroxyl groups is 1. The Morgan fingerprint density at radius 1 is 1.03 bits per heavy atom. The first-order valence-corrected chi connectivity index (χ1v) is 12.8. The van der Waals surface area contributed by atoms with Crippen molar-refractivity contribution in [2.45, 2.75) is 50.9 Å². The molecule has 3 amide bonds. The van der Waals surface area contributed by atoms with Gasteiger partial charge in [0.15, 0.2) is 0 Å². The highest BCUT2D eigenvalue weighted by Crippen LogP contribution is 2.58. The maximum absolute atomic E-state index is 14.4. The van der Waals surface area contributed by atoms with Crippen LogP contribution in [-0.2, 0) is 19.1 Å². The molecular weight excluding hydrogens is 458 g/mol. The number of ether oxygens (including phenoxy) is 1. The smallest absolute Gasteiger partial charge is 0.253 e. The highest BCUT2D eigenvalue weighted by molar-refractivity contribution is 6.06. The highest BCUT2D eigenvalue weighted by atomic mass is 16.5. The third-order valence-electron chi connectivity index (χ3n) is 8.35. The van der Waals surface area contributed by atoms with Crippen molar-refractivity contribution in [2.75, 3.05) is 38.2 Å². The van der Waals surface area contributed by atoms with Crippen LogP contribution in [0.1, 0.15) is 30.9 Å². The van der Waals surface area contributed by atoms with Crippen molar-refractivity contribution in [3.8, 4) is 0 Å². The fourth-order valence-electron chi connectivity index (χ4n) is 6.59. The van der Waals surface area contributed by atoms with E-state index in [0.29, 0.717) is 25.9 Å². The minimum absolute atomic E-state index is 0.105. The molecule has 8 heteroatoms. The molecule has 1 spiro atoms. The summed E-state index contributed by atoms with van der Waals surface area (Å²) in [7, 11) is 1.74. The zero-order valence-corrected chi connectivity index (χ0v) is 21.4. The molecule has 0 aromatic heterocycles. The Labute approximate surface area is 212 Å². The monoisotopic (exact) mass is 493 g/mol. The van der Waals surface area contributed by atoms with Gasteiger partial charge in [0.2, 0.25) is 11.8 Å². The van der Waals surface area contributed by atoms with Gasteiger partial charge in [-0.05, 0) is 43.9 Å². The van der Waals surface area contributed by atoms with Gasteiger partial charge in [-0.15, -0.1) is 0 Å². The number of rotatable bonds is 5. The topological polar surface area (TPSA) is 90.4 Å². The summed E-state index contributed by atoms with van der Waals surface area (Å²) >= 11 is 0. The number of likely N-dealkylation sites (tertiary alicyclic amines) is 1. The lowest BCUT2D eigenvalue weighted by molar-refractivity contribution is -0.149. The lowest BCUT2D eigenvalue weighted by atomic mass is 9.73. The minimum atomic E-state index is -1.27. The summed E-state index contributed by atoms with van der Waals surface area (Å²) in [6.45, 7) is 6.81. The second-order valence-corrected chi connectivity index (χ2v) is 10.5. The maximum atomic E-state index is 14.4. The molecule has 4 aliphatic rings. The molecule has 36 heavy (non-hydrogen) atoms. The Morgan fingerprint density at radius 2 is 1.78 bits per heavy atom. The van der Waals surface area contributed by atoms with Gasteiger partial charge in [0, 0.05) is 39.0 Å². The van der Waals surface area contributed by atoms with Crippen molar-refractivity contribution in [1.29, 1.82) is 0 Å². The molecule has 2 saturated heterocycles. The molecule has 0 saturated carbocycles. The summed E-state index contributed by atoms with van der Waals surface area (Å²) in [6, 6.07) is 5.06. The van der Waals surface area contributed by atoms with E-state index in [1.54, 1.807) is 21.7 Å². The van der Waals surface area contributed by atoms with Gasteiger partial charge in [0.05, 0.1) is 17.4 Å². The number of aliphatic hydroxyl groups excluding tert-OH is 1. The summed E-state index contributed by atoms with van der Waals surface area (Å²) < 4.78 is 6.89. The van der Waals surface area contributed by atoms with Gasteiger partial charge in [0.1, 0.15) is 11.6 Å². The zero-order chi connectivity index (χ0) is 25.8. The summed E-state index contributed by atoms with van der Waals surface area (Å²) in [5, 5.41) is 9.56. The molecule has 0 aliphatic carbocycles. The van der Waals surface area contributed by atoms with E-state index in [9.17, 15) is 19.5 Å². The van der Waals surface area contributed by atoms with Crippen LogP contribution in [0.25, 0.3) is 0 Å². The van der Waals surface area contributed by atoms with Crippen molar-refractivity contribution in [3.63, 3.8) is 0 Å². The zero-order valence-electron chi connectivity index (χ0n) is 21.4. The predicted octanol–water partition coefficient (Wildman–Crippen LogP) is 1.98. The van der Waals surface area contributed by atoms with E-state index >= 15 is 0 Å². The first-order chi connectivity index (χ1) is 17.2. The normalized spacial score (nSPS) is 33.5. The van der Waals surface area contributed by atoms with Gasteiger partial charge in [-0.3, -0.25) is 14.4 Å². The molecule has 1 aromatic carbocycles. The van der Waals surface area contributed by atoms with Crippen LogP contribution in [0.3, 0.4) is 0 Å². The number of hydrogen-bond donors (Lipinski definition) is 1. The molecule has 2 fully saturated rings. The van der Waals surface area contributed by atoms with E-state index in [4.69, 9.17) is 4.74 Å². The number of carbonyl (C=O) groups is 3. The number of amides is 3. The quantitative estimate of drug-likeness (QED) is 0.634. The van der Waals surface area contributed by atoms with Crippen LogP contribution in [-0.4, -0.2) is 83.2 Å². The Kier molecular flexibility index (Phi) is 6.08. The number of aryl methyl sites for hydroxylation is 2. The molecule has 1 unspecified atom stereocenters. The maximum Gasteiger partial charge on any atom is 0.253 e. The van der Waals surface area contributed by atoms with Crippen molar-refractivity contribution < 1.29 is 24.2 Å². The summed E-state index contributed by atoms with van der Waals surface area (Å²) in [6.07, 6.45) is 8.47. The molecule has 5 rings (SSSR count). The summed E-state index contributed by atoms with van der Waals surface area (Å²) in [4.78, 5) is 47.1. The summed E-state index contributed by atoms with van der Waals surface area (Å²) in [5.74, 6) is -2.18. The van der Waals surface area contributed by atoms with E-state index in [1.165, 1.54) is 0 Å². The van der Waals surface area contributed by atoms with E-state index in [1.807, 2.05) is 63.3 Å². The van der Waals surface area contributed by atoms with E-state index < -0.39 is 29.1 Å². The van der Waals surface area contributed by atoms with Crippen LogP contribution in [0.15, 0.2) is 42.5 Å². The van der Waals surface area contributed by atoms with Gasteiger partial charge < -0.3 is 24.5 Å². The number of likely N-dealkylation sites (N-methyl/N-ethyl adjacent to an activating group) is 1. The second-order valence-electron chi connectivity index (χ2n) is 10.5. The number of benzene rings is 1. The van der Waals surface area contributed by atoms with Crippen LogP contribution in [0.5, 0.6) is 0 Å². The predicted molar refractivity (Wildman–Crippen MR) is 135 cm³/mol. The van der Waals surface area contributed by atoms with Crippen molar-refractivity contribution in [2.24, 2.45) is 11.8 Å². The molecule has 1 N–H and O–H groups in total. The number of hydrogen-bond acceptors (Lipinski definition) is 5. The third-order valence-corrected chi connectivity index (χ3v) is 8.35. The first kappa shape index (κ1) is 24.7. The number of fused-ring (bicyclic) bond motifs is 2. The Morgan fingerprint density at radius 3 is 2.50 bits per heavy atom. The van der Waals surface area contributed by atoms with Crippen LogP contribution < -0.4 is 4.90 Å². The largest absolute Gasteiger partial charge is 0.396 e. The molecular formula is C28H35N3O5. The van der Waals surface area contributed by atoms with Crippen molar-refractivity contribution in [1.82, 2.24) is 9.80 Å². The van der Waals surface area contributed by atoms with E-state index in [0.717, 1.165) is 16.8 Å². The number of nitrogens with zero attached hydrogens (tertiary/aromatic N) is 3. The van der Waals surface area contributed by atoms with Crippen LogP contribution in [0.4, 0.5) is 5.69 Å². The Bertz CT molecular complexity index is 1160. The van der Waals surface area contributed by atoms with Gasteiger partial charge in [0.25, 0.3) is 5.91 Å². The first-order valence-electron chi connectivity index (χ1n) is 12.8. The molecule has 4 heterocycles. The number of carbonyl (C=O) groups excluding carboxylic acids is 3. The van der Waals surface area contributed by atoms with Gasteiger partial charge in [-0.25, -0.2) is 0 Å². The van der Waals surface area contributed by atoms with E-state index in [-0.39, 0.29) is 30.9 Å². The van der Waals surface area contributed by atoms with Gasteiger partial charge in [-0.2, -0.15) is 0 Å². The standard InChI is InChI=1S/C28H35N3O5/c1-5-27-11-6-13-29(4)24(33)21(27)22-25(34)31(15-8-16-32)23-26(35)30(14-7-12-28(22,23)36-27)20-17-18(2)9-10-19(20)3/h6-7,9-12,17,21-23,32H,5,8,13-16H2,1-4H3/t21-,22-,23?,27+,28-/m0/s1. The number of anilines is 1. The van der Waals surface area contributed by atoms with Crippen molar-refractivity contribution in [3.05, 3.63) is 53.6 Å². The Hall–Kier alpha value is -2.97. The van der Waals surface area contributed by atoms with Crippen LogP contribution >= 0.6 is 0 Å². The molecule has 4 aliphatic heterocycles. The van der Waals surface area contributed by atoms with Crippen LogP contribution in [0, 0.1) is 25.7 Å². The second kappa shape index (κ2) is 8.85. The average molecular weight is 494 g/mol. The Balaban J connectivity index is 1.68. The van der Waals surface area contributed by atoms with E-state index in [2.05, 4.69) is 0 Å². The van der Waals surface area contributed by atoms with Crippen molar-refractivity contribution >= 4 is 23.4 Å². The van der Waals surface area contributed by atoms with Gasteiger partial charge >= 0.3 is 0 Å². The lowest BCUT2D eigenvalue weighted by Gasteiger charge is -2.38. The SMILES string of the molecule is CC[C@@]12C=CCN(C)C(=O)[C@@H]1[C@H]1C(=O)N(CCCO)C3C(=O)N(c4cc(C)ccc4C)CC=C[C@@]31O2. The fourth-order valence-corrected chi connectivity index (χ4v) is 6.59. The van der Waals surface area contributed by atoms with Gasteiger partial charge in [-0.1, -0.05) is 43.4 Å². The minimum Gasteiger partial charge on any atom is -0.396 e. The highest BCUT2D eigenvalue weighted by Gasteiger charge is 2.75. The molecule has 0 radical (unpaired) electrons. The average Bonchev–Trinajstić information content (AvgIpc) is 3.15. The lowest BCUT2D eigenvalue weighted by Crippen LogP contribution is -2.56. The molecule has 0 bridgehead atoms. The molecule has 192 valence electrons. The molecule has 1 aromatic rings. The third kappa shape index (κ3) is 3.38. The fraction of sp³-hybridized carbons (Fsp3) is 0.536. The molecule has 5 atom stereocenters. The molecule has 8 nitrogen and oxygen atoms in total. The van der Waals surface area contributed by atoms with Crippen LogP contribution in [0.2, 0.25) is 0 Å².